The lowest BCUT2D eigenvalue weighted by Crippen LogP contribution is -2.40. The second-order valence-corrected chi connectivity index (χ2v) is 5.05. The minimum absolute atomic E-state index is 0. The molecule has 11 heteroatoms. The topological polar surface area (TPSA) is 89.2 Å². The molecule has 1 aliphatic rings. The third kappa shape index (κ3) is 8.30. The summed E-state index contributed by atoms with van der Waals surface area (Å²) in [6.45, 7) is 1.47. The number of alkyl halides is 3. The molecular formula is C15H20Cl2F3N5O. The lowest BCUT2D eigenvalue weighted by atomic mass is 10.2. The van der Waals surface area contributed by atoms with Crippen molar-refractivity contribution in [1.82, 2.24) is 4.90 Å². The standard InChI is InChI=1S/C15H18F3N5O.2ClH/c16-15(17,18)24-12-6-4-5-11(9-12)10-21-13(19)22-14(20)23-7-2-1-3-8-23;;/h1-2,4-6,9H,3,7-8,10H2,(H4,19,20,21,22);2*1H. The summed E-state index contributed by atoms with van der Waals surface area (Å²) < 4.78 is 40.4. The van der Waals surface area contributed by atoms with Crippen LogP contribution in [0.25, 0.3) is 0 Å². The van der Waals surface area contributed by atoms with Gasteiger partial charge in [0.05, 0.1) is 6.54 Å². The monoisotopic (exact) mass is 413 g/mol. The largest absolute Gasteiger partial charge is 0.573 e. The Morgan fingerprint density at radius 1 is 1.19 bits per heavy atom. The molecule has 0 spiro atoms. The molecule has 4 N–H and O–H groups in total. The van der Waals surface area contributed by atoms with Gasteiger partial charge in [0.1, 0.15) is 5.75 Å². The van der Waals surface area contributed by atoms with Crippen molar-refractivity contribution in [3.63, 3.8) is 0 Å². The van der Waals surface area contributed by atoms with Crippen molar-refractivity contribution in [2.24, 2.45) is 21.5 Å². The molecule has 1 aromatic rings. The van der Waals surface area contributed by atoms with Crippen LogP contribution in [0.1, 0.15) is 12.0 Å². The molecule has 0 radical (unpaired) electrons. The average Bonchev–Trinajstić information content (AvgIpc) is 2.52. The van der Waals surface area contributed by atoms with Gasteiger partial charge in [0, 0.05) is 13.1 Å². The first-order valence-electron chi connectivity index (χ1n) is 7.22. The third-order valence-electron chi connectivity index (χ3n) is 3.17. The van der Waals surface area contributed by atoms with Gasteiger partial charge in [0.2, 0.25) is 5.96 Å². The van der Waals surface area contributed by atoms with Crippen LogP contribution >= 0.6 is 24.8 Å². The smallest absolute Gasteiger partial charge is 0.406 e. The predicted octanol–water partition coefficient (Wildman–Crippen LogP) is 2.82. The molecule has 0 saturated heterocycles. The summed E-state index contributed by atoms with van der Waals surface area (Å²) >= 11 is 0. The van der Waals surface area contributed by atoms with Crippen molar-refractivity contribution in [1.29, 1.82) is 0 Å². The van der Waals surface area contributed by atoms with E-state index in [2.05, 4.69) is 20.8 Å². The van der Waals surface area contributed by atoms with E-state index in [1.165, 1.54) is 18.2 Å². The fourth-order valence-corrected chi connectivity index (χ4v) is 2.09. The molecule has 0 aromatic heterocycles. The summed E-state index contributed by atoms with van der Waals surface area (Å²) in [5.41, 5.74) is 12.1. The Hall–Kier alpha value is -2.13. The maximum atomic E-state index is 12.2. The Morgan fingerprint density at radius 3 is 2.54 bits per heavy atom. The molecule has 146 valence electrons. The van der Waals surface area contributed by atoms with Crippen molar-refractivity contribution < 1.29 is 17.9 Å². The van der Waals surface area contributed by atoms with Crippen LogP contribution in [0.3, 0.4) is 0 Å². The van der Waals surface area contributed by atoms with Gasteiger partial charge < -0.3 is 21.1 Å². The van der Waals surface area contributed by atoms with E-state index in [0.29, 0.717) is 12.1 Å². The summed E-state index contributed by atoms with van der Waals surface area (Å²) in [6.07, 6.45) is 0.171. The molecule has 0 bridgehead atoms. The summed E-state index contributed by atoms with van der Waals surface area (Å²) in [5, 5.41) is 0. The Bertz CT molecular complexity index is 665. The lowest BCUT2D eigenvalue weighted by Gasteiger charge is -2.23. The van der Waals surface area contributed by atoms with Crippen LogP contribution in [0.2, 0.25) is 0 Å². The molecule has 1 aromatic carbocycles. The normalized spacial score (nSPS) is 15.1. The SMILES string of the molecule is Cl.Cl.NC(=NCc1cccc(OC(F)(F)F)c1)/N=C(/N)N1CC=CCC1. The minimum atomic E-state index is -4.73. The Labute approximate surface area is 161 Å². The molecule has 0 atom stereocenters. The quantitative estimate of drug-likeness (QED) is 0.452. The van der Waals surface area contributed by atoms with Crippen LogP contribution in [-0.2, 0) is 6.54 Å². The van der Waals surface area contributed by atoms with Gasteiger partial charge in [0.25, 0.3) is 0 Å². The van der Waals surface area contributed by atoms with E-state index < -0.39 is 6.36 Å². The number of guanidine groups is 2. The number of nitrogens with zero attached hydrogens (tertiary/aromatic N) is 3. The fourth-order valence-electron chi connectivity index (χ4n) is 2.09. The zero-order valence-electron chi connectivity index (χ0n) is 13.6. The fraction of sp³-hybridized carbons (Fsp3) is 0.333. The van der Waals surface area contributed by atoms with E-state index in [1.54, 1.807) is 6.07 Å². The van der Waals surface area contributed by atoms with Crippen LogP contribution in [0.5, 0.6) is 5.75 Å². The van der Waals surface area contributed by atoms with Crippen LogP contribution < -0.4 is 16.2 Å². The molecule has 2 rings (SSSR count). The second kappa shape index (κ2) is 10.8. The molecule has 0 amide bonds. The molecule has 0 saturated carbocycles. The summed E-state index contributed by atoms with van der Waals surface area (Å²) in [5.74, 6) is -0.0872. The van der Waals surface area contributed by atoms with E-state index >= 15 is 0 Å². The Balaban J connectivity index is 0.00000312. The van der Waals surface area contributed by atoms with Crippen molar-refractivity contribution in [3.05, 3.63) is 42.0 Å². The van der Waals surface area contributed by atoms with Crippen LogP contribution in [-0.4, -0.2) is 36.3 Å². The number of hydrogen-bond donors (Lipinski definition) is 2. The van der Waals surface area contributed by atoms with Crippen molar-refractivity contribution in [3.8, 4) is 5.75 Å². The van der Waals surface area contributed by atoms with E-state index in [9.17, 15) is 13.2 Å². The van der Waals surface area contributed by atoms with E-state index in [4.69, 9.17) is 11.5 Å². The zero-order valence-corrected chi connectivity index (χ0v) is 15.3. The minimum Gasteiger partial charge on any atom is -0.406 e. The van der Waals surface area contributed by atoms with E-state index in [-0.39, 0.29) is 49.0 Å². The molecule has 1 aliphatic heterocycles. The molecule has 0 aliphatic carbocycles. The number of aliphatic imine (C=N–C) groups is 2. The number of rotatable bonds is 3. The lowest BCUT2D eigenvalue weighted by molar-refractivity contribution is -0.274. The zero-order chi connectivity index (χ0) is 17.6. The number of halogens is 5. The average molecular weight is 414 g/mol. The third-order valence-corrected chi connectivity index (χ3v) is 3.17. The molecule has 0 unspecified atom stereocenters. The Kier molecular flexibility index (Phi) is 9.89. The number of ether oxygens (including phenoxy) is 1. The molecule has 6 nitrogen and oxygen atoms in total. The van der Waals surface area contributed by atoms with Gasteiger partial charge in [-0.3, -0.25) is 0 Å². The predicted molar refractivity (Wildman–Crippen MR) is 99.9 cm³/mol. The first-order chi connectivity index (χ1) is 11.3. The highest BCUT2D eigenvalue weighted by molar-refractivity contribution is 5.93. The maximum Gasteiger partial charge on any atom is 0.573 e. The van der Waals surface area contributed by atoms with Gasteiger partial charge in [-0.2, -0.15) is 4.99 Å². The highest BCUT2D eigenvalue weighted by atomic mass is 35.5. The number of hydrogen-bond acceptors (Lipinski definition) is 2. The van der Waals surface area contributed by atoms with Gasteiger partial charge in [-0.15, -0.1) is 38.0 Å². The summed E-state index contributed by atoms with van der Waals surface area (Å²) in [7, 11) is 0. The first-order valence-corrected chi connectivity index (χ1v) is 7.22. The Morgan fingerprint density at radius 2 is 1.92 bits per heavy atom. The molecular weight excluding hydrogens is 394 g/mol. The van der Waals surface area contributed by atoms with E-state index in [1.807, 2.05) is 11.0 Å². The molecule has 0 fully saturated rings. The first kappa shape index (κ1) is 23.9. The highest BCUT2D eigenvalue weighted by Crippen LogP contribution is 2.23. The van der Waals surface area contributed by atoms with Gasteiger partial charge >= 0.3 is 6.36 Å². The van der Waals surface area contributed by atoms with Gasteiger partial charge in [0.15, 0.2) is 5.96 Å². The molecule has 26 heavy (non-hydrogen) atoms. The maximum absolute atomic E-state index is 12.2. The van der Waals surface area contributed by atoms with Crippen molar-refractivity contribution in [2.45, 2.75) is 19.3 Å². The molecule has 1 heterocycles. The van der Waals surface area contributed by atoms with Gasteiger partial charge in [-0.05, 0) is 24.1 Å². The van der Waals surface area contributed by atoms with Gasteiger partial charge in [-0.1, -0.05) is 24.3 Å². The van der Waals surface area contributed by atoms with E-state index in [0.717, 1.165) is 13.0 Å². The second-order valence-electron chi connectivity index (χ2n) is 5.05. The number of benzene rings is 1. The van der Waals surface area contributed by atoms with Crippen molar-refractivity contribution in [2.75, 3.05) is 13.1 Å². The summed E-state index contributed by atoms with van der Waals surface area (Å²) in [6, 6.07) is 5.51. The van der Waals surface area contributed by atoms with Crippen molar-refractivity contribution >= 4 is 36.7 Å². The van der Waals surface area contributed by atoms with Crippen LogP contribution in [0.15, 0.2) is 46.4 Å². The van der Waals surface area contributed by atoms with Crippen LogP contribution in [0, 0.1) is 0 Å². The van der Waals surface area contributed by atoms with Gasteiger partial charge in [-0.25, -0.2) is 4.99 Å². The summed E-state index contributed by atoms with van der Waals surface area (Å²) in [4.78, 5) is 9.86. The highest BCUT2D eigenvalue weighted by Gasteiger charge is 2.31. The van der Waals surface area contributed by atoms with Crippen LogP contribution in [0.4, 0.5) is 13.2 Å². The number of nitrogens with two attached hydrogens (primary N) is 2.